The van der Waals surface area contributed by atoms with E-state index in [-0.39, 0.29) is 24.1 Å². The quantitative estimate of drug-likeness (QED) is 0.646. The average Bonchev–Trinajstić information content (AvgIpc) is 2.50. The van der Waals surface area contributed by atoms with Crippen molar-refractivity contribution in [2.45, 2.75) is 58.9 Å². The molecule has 0 radical (unpaired) electrons. The highest BCUT2D eigenvalue weighted by Crippen LogP contribution is 2.22. The molecule has 2 atom stereocenters. The first-order valence-electron chi connectivity index (χ1n) is 8.69. The van der Waals surface area contributed by atoms with Crippen molar-refractivity contribution in [3.8, 4) is 0 Å². The second-order valence-electron chi connectivity index (χ2n) is 6.85. The minimum Gasteiger partial charge on any atom is -0.481 e. The minimum absolute atomic E-state index is 0.0296. The van der Waals surface area contributed by atoms with E-state index >= 15 is 0 Å². The lowest BCUT2D eigenvalue weighted by molar-refractivity contribution is -0.142. The molecule has 1 heterocycles. The van der Waals surface area contributed by atoms with Crippen molar-refractivity contribution in [1.29, 1.82) is 0 Å². The van der Waals surface area contributed by atoms with Gasteiger partial charge in [-0.1, -0.05) is 27.2 Å². The predicted molar refractivity (Wildman–Crippen MR) is 92.0 cm³/mol. The Bertz CT molecular complexity index is 533. The summed E-state index contributed by atoms with van der Waals surface area (Å²) in [6.07, 6.45) is 3.00. The zero-order chi connectivity index (χ0) is 18.3. The van der Waals surface area contributed by atoms with Gasteiger partial charge in [0.05, 0.1) is 11.7 Å². The molecular formula is C16H30N2O5S. The van der Waals surface area contributed by atoms with E-state index in [1.165, 1.54) is 4.31 Å². The molecule has 1 amide bonds. The summed E-state index contributed by atoms with van der Waals surface area (Å²) in [5.74, 6) is -1.74. The third kappa shape index (κ3) is 6.05. The van der Waals surface area contributed by atoms with Gasteiger partial charge in [0.1, 0.15) is 6.04 Å². The highest BCUT2D eigenvalue weighted by molar-refractivity contribution is 7.89. The molecule has 0 aromatic heterocycles. The highest BCUT2D eigenvalue weighted by Gasteiger charge is 2.36. The number of carbonyl (C=O) groups excluding carboxylic acids is 1. The van der Waals surface area contributed by atoms with E-state index in [2.05, 4.69) is 5.32 Å². The smallest absolute Gasteiger partial charge is 0.308 e. The van der Waals surface area contributed by atoms with Gasteiger partial charge in [-0.05, 0) is 31.6 Å². The molecule has 140 valence electrons. The third-order valence-electron chi connectivity index (χ3n) is 4.20. The van der Waals surface area contributed by atoms with Gasteiger partial charge >= 0.3 is 5.97 Å². The minimum atomic E-state index is -3.45. The fraction of sp³-hybridized carbons (Fsp3) is 0.875. The van der Waals surface area contributed by atoms with Crippen molar-refractivity contribution in [3.05, 3.63) is 0 Å². The number of amides is 1. The topological polar surface area (TPSA) is 104 Å². The zero-order valence-corrected chi connectivity index (χ0v) is 15.6. The van der Waals surface area contributed by atoms with E-state index in [9.17, 15) is 23.1 Å². The Balaban J connectivity index is 2.74. The van der Waals surface area contributed by atoms with Crippen LogP contribution in [0.1, 0.15) is 52.9 Å². The molecule has 1 aliphatic heterocycles. The Morgan fingerprint density at radius 3 is 2.50 bits per heavy atom. The van der Waals surface area contributed by atoms with Gasteiger partial charge in [0.2, 0.25) is 15.9 Å². The molecule has 1 rings (SSSR count). The number of rotatable bonds is 9. The Labute approximate surface area is 144 Å². The van der Waals surface area contributed by atoms with Crippen molar-refractivity contribution in [2.75, 3.05) is 18.8 Å². The highest BCUT2D eigenvalue weighted by atomic mass is 32.2. The van der Waals surface area contributed by atoms with Crippen LogP contribution in [0.5, 0.6) is 0 Å². The van der Waals surface area contributed by atoms with Crippen molar-refractivity contribution in [1.82, 2.24) is 9.62 Å². The van der Waals surface area contributed by atoms with Gasteiger partial charge in [-0.25, -0.2) is 8.42 Å². The number of nitrogens with zero attached hydrogens (tertiary/aromatic N) is 1. The largest absolute Gasteiger partial charge is 0.481 e. The summed E-state index contributed by atoms with van der Waals surface area (Å²) in [7, 11) is -3.45. The van der Waals surface area contributed by atoms with E-state index in [1.807, 2.05) is 13.8 Å². The number of aliphatic carboxylic acids is 1. The van der Waals surface area contributed by atoms with Crippen molar-refractivity contribution < 1.29 is 23.1 Å². The molecule has 1 saturated heterocycles. The van der Waals surface area contributed by atoms with E-state index < -0.39 is 28.0 Å². The van der Waals surface area contributed by atoms with E-state index in [1.54, 1.807) is 6.92 Å². The van der Waals surface area contributed by atoms with Crippen LogP contribution < -0.4 is 5.32 Å². The zero-order valence-electron chi connectivity index (χ0n) is 14.8. The van der Waals surface area contributed by atoms with Crippen LogP contribution in [-0.4, -0.2) is 54.6 Å². The van der Waals surface area contributed by atoms with Crippen molar-refractivity contribution in [3.63, 3.8) is 0 Å². The number of nitrogens with one attached hydrogen (secondary N) is 1. The predicted octanol–water partition coefficient (Wildman–Crippen LogP) is 1.44. The first-order chi connectivity index (χ1) is 11.2. The SMILES string of the molecule is CCCS(=O)(=O)N1CCCCC1C(=O)NCC(CC(C)C)C(=O)O. The monoisotopic (exact) mass is 362 g/mol. The summed E-state index contributed by atoms with van der Waals surface area (Å²) in [5, 5.41) is 11.9. The lowest BCUT2D eigenvalue weighted by Crippen LogP contribution is -2.53. The molecule has 2 N–H and O–H groups in total. The maximum absolute atomic E-state index is 12.5. The number of sulfonamides is 1. The number of hydrogen-bond donors (Lipinski definition) is 2. The summed E-state index contributed by atoms with van der Waals surface area (Å²) in [4.78, 5) is 23.7. The van der Waals surface area contributed by atoms with Crippen LogP contribution >= 0.6 is 0 Å². The number of carboxylic acid groups (broad SMARTS) is 1. The molecule has 0 saturated carbocycles. The molecule has 2 unspecified atom stereocenters. The second kappa shape index (κ2) is 9.36. The van der Waals surface area contributed by atoms with E-state index in [0.29, 0.717) is 25.8 Å². The van der Waals surface area contributed by atoms with Gasteiger partial charge in [0.15, 0.2) is 0 Å². The van der Waals surface area contributed by atoms with Crippen molar-refractivity contribution in [2.24, 2.45) is 11.8 Å². The molecular weight excluding hydrogens is 332 g/mol. The van der Waals surface area contributed by atoms with Crippen LogP contribution in [-0.2, 0) is 19.6 Å². The molecule has 24 heavy (non-hydrogen) atoms. The Hall–Kier alpha value is -1.15. The molecule has 0 spiro atoms. The molecule has 0 bridgehead atoms. The second-order valence-corrected chi connectivity index (χ2v) is 8.89. The molecule has 1 aliphatic rings. The maximum Gasteiger partial charge on any atom is 0.308 e. The number of carbonyl (C=O) groups is 2. The first-order valence-corrected chi connectivity index (χ1v) is 10.3. The standard InChI is InChI=1S/C16H30N2O5S/c1-4-9-24(22,23)18-8-6-5-7-14(18)15(19)17-11-13(16(20)21)10-12(2)3/h12-14H,4-11H2,1-3H3,(H,17,19)(H,20,21). The van der Waals surface area contributed by atoms with Gasteiger partial charge in [-0.15, -0.1) is 0 Å². The summed E-state index contributed by atoms with van der Waals surface area (Å²) < 4.78 is 26.0. The molecule has 0 aliphatic carbocycles. The van der Waals surface area contributed by atoms with Gasteiger partial charge in [-0.3, -0.25) is 9.59 Å². The number of carboxylic acids is 1. The van der Waals surface area contributed by atoms with Crippen LogP contribution in [0.15, 0.2) is 0 Å². The fourth-order valence-electron chi connectivity index (χ4n) is 3.06. The molecule has 0 aromatic rings. The van der Waals surface area contributed by atoms with E-state index in [4.69, 9.17) is 0 Å². The van der Waals surface area contributed by atoms with Crippen LogP contribution in [0, 0.1) is 11.8 Å². The summed E-state index contributed by atoms with van der Waals surface area (Å²) in [5.41, 5.74) is 0. The first kappa shape index (κ1) is 20.9. The summed E-state index contributed by atoms with van der Waals surface area (Å²) in [6, 6.07) is -0.719. The van der Waals surface area contributed by atoms with Gasteiger partial charge in [0.25, 0.3) is 0 Å². The van der Waals surface area contributed by atoms with Crippen LogP contribution in [0.2, 0.25) is 0 Å². The van der Waals surface area contributed by atoms with Crippen LogP contribution in [0.25, 0.3) is 0 Å². The molecule has 0 aromatic carbocycles. The average molecular weight is 362 g/mol. The lowest BCUT2D eigenvalue weighted by atomic mass is 9.97. The third-order valence-corrected chi connectivity index (χ3v) is 6.28. The van der Waals surface area contributed by atoms with E-state index in [0.717, 1.165) is 12.8 Å². The molecule has 7 nitrogen and oxygen atoms in total. The summed E-state index contributed by atoms with van der Waals surface area (Å²) in [6.45, 7) is 6.04. The fourth-order valence-corrected chi connectivity index (χ4v) is 4.80. The van der Waals surface area contributed by atoms with Crippen LogP contribution in [0.3, 0.4) is 0 Å². The van der Waals surface area contributed by atoms with Crippen molar-refractivity contribution >= 4 is 21.9 Å². The Morgan fingerprint density at radius 1 is 1.29 bits per heavy atom. The van der Waals surface area contributed by atoms with Gasteiger partial charge < -0.3 is 10.4 Å². The Morgan fingerprint density at radius 2 is 1.96 bits per heavy atom. The summed E-state index contributed by atoms with van der Waals surface area (Å²) >= 11 is 0. The van der Waals surface area contributed by atoms with Gasteiger partial charge in [-0.2, -0.15) is 4.31 Å². The molecule has 8 heteroatoms. The molecule has 1 fully saturated rings. The van der Waals surface area contributed by atoms with Crippen LogP contribution in [0.4, 0.5) is 0 Å². The Kier molecular flexibility index (Phi) is 8.15. The number of piperidine rings is 1. The normalized spacial score (nSPS) is 20.8. The van der Waals surface area contributed by atoms with Gasteiger partial charge in [0, 0.05) is 13.1 Å². The lowest BCUT2D eigenvalue weighted by Gasteiger charge is -2.33. The maximum atomic E-state index is 12.5. The number of hydrogen-bond acceptors (Lipinski definition) is 4.